The minimum absolute atomic E-state index is 0. The Bertz CT molecular complexity index is 1090. The molecule has 0 aromatic heterocycles. The van der Waals surface area contributed by atoms with Gasteiger partial charge in [-0.2, -0.15) is 0 Å². The normalized spacial score (nSPS) is 11.8. The predicted octanol–water partition coefficient (Wildman–Crippen LogP) is -9.44. The Kier molecular flexibility index (Phi) is 11.2. The average Bonchev–Trinajstić information content (AvgIpc) is 2.33. The van der Waals surface area contributed by atoms with Crippen molar-refractivity contribution in [1.29, 1.82) is 0 Å². The second-order valence-corrected chi connectivity index (χ2v) is 8.10. The van der Waals surface area contributed by atoms with Crippen LogP contribution >= 0.6 is 0 Å². The predicted molar refractivity (Wildman–Crippen MR) is 67.8 cm³/mol. The number of hydrogen-bond donors (Lipinski definition) is 0. The van der Waals surface area contributed by atoms with E-state index in [9.17, 15) is 38.9 Å². The van der Waals surface area contributed by atoms with Crippen LogP contribution in [0.3, 0.4) is 0 Å². The molecule has 15 heteroatoms. The molecule has 0 heterocycles. The van der Waals surface area contributed by atoms with E-state index in [0.29, 0.717) is 6.07 Å². The molecule has 2 aromatic rings. The third-order valence-corrected chi connectivity index (χ3v) is 5.66. The van der Waals surface area contributed by atoms with Crippen LogP contribution in [0.4, 0.5) is 0 Å². The zero-order chi connectivity index (χ0) is 16.9. The fourth-order valence-corrected chi connectivity index (χ4v) is 5.27. The van der Waals surface area contributed by atoms with Gasteiger partial charge in [0.05, 0.1) is 14.7 Å². The molecular formula is C10H5Na3O9S3. The SMILES string of the molecule is O=S(=O)([O-])c1cc2ccccc2c(S(=O)(=O)[O-])c1S(=O)(=O)[O-].[Na+].[Na+].[Na+]. The van der Waals surface area contributed by atoms with Crippen molar-refractivity contribution in [1.82, 2.24) is 0 Å². The summed E-state index contributed by atoms with van der Waals surface area (Å²) in [4.78, 5) is -4.97. The van der Waals surface area contributed by atoms with Crippen LogP contribution in [-0.4, -0.2) is 38.9 Å². The maximum atomic E-state index is 11.3. The van der Waals surface area contributed by atoms with E-state index in [0.717, 1.165) is 12.1 Å². The smallest absolute Gasteiger partial charge is 0.744 e. The van der Waals surface area contributed by atoms with Crippen molar-refractivity contribution in [3.8, 4) is 0 Å². The standard InChI is InChI=1S/C10H8O9S3.3Na/c11-20(12,13)8-5-6-3-1-2-4-7(6)9(21(14,15)16)10(8)22(17,18)19;;;/h1-5H,(H,11,12,13)(H,14,15,16)(H,17,18,19);;;/q;3*+1/p-3. The summed E-state index contributed by atoms with van der Waals surface area (Å²) in [7, 11) is -16.8. The Morgan fingerprint density at radius 3 is 1.48 bits per heavy atom. The number of hydrogen-bond acceptors (Lipinski definition) is 9. The number of fused-ring (bicyclic) bond motifs is 1. The Labute approximate surface area is 210 Å². The summed E-state index contributed by atoms with van der Waals surface area (Å²) in [6, 6.07) is 5.27. The maximum Gasteiger partial charge on any atom is 1.00 e. The molecule has 2 rings (SSSR count). The Morgan fingerprint density at radius 2 is 1.08 bits per heavy atom. The van der Waals surface area contributed by atoms with Gasteiger partial charge in [0.2, 0.25) is 0 Å². The molecule has 25 heavy (non-hydrogen) atoms. The molecule has 120 valence electrons. The van der Waals surface area contributed by atoms with E-state index in [1.54, 1.807) is 0 Å². The fraction of sp³-hybridized carbons (Fsp3) is 0. The Hall–Kier alpha value is 1.43. The van der Waals surface area contributed by atoms with Crippen LogP contribution in [0.25, 0.3) is 10.8 Å². The van der Waals surface area contributed by atoms with Gasteiger partial charge in [0.1, 0.15) is 30.4 Å². The molecule has 0 aliphatic carbocycles. The van der Waals surface area contributed by atoms with Gasteiger partial charge < -0.3 is 13.7 Å². The average molecular weight is 434 g/mol. The summed E-state index contributed by atoms with van der Waals surface area (Å²) >= 11 is 0. The molecule has 0 unspecified atom stereocenters. The van der Waals surface area contributed by atoms with Crippen molar-refractivity contribution in [3.63, 3.8) is 0 Å². The molecule has 0 radical (unpaired) electrons. The third-order valence-electron chi connectivity index (χ3n) is 2.69. The first-order chi connectivity index (χ1) is 9.83. The second kappa shape index (κ2) is 9.76. The topological polar surface area (TPSA) is 172 Å². The van der Waals surface area contributed by atoms with Crippen molar-refractivity contribution in [2.75, 3.05) is 0 Å². The molecule has 0 atom stereocenters. The third kappa shape index (κ3) is 6.48. The zero-order valence-corrected chi connectivity index (χ0v) is 21.7. The van der Waals surface area contributed by atoms with Crippen molar-refractivity contribution < 1.29 is 128 Å². The monoisotopic (exact) mass is 434 g/mol. The van der Waals surface area contributed by atoms with Crippen LogP contribution < -0.4 is 88.7 Å². The summed E-state index contributed by atoms with van der Waals surface area (Å²) in [6.45, 7) is 0. The second-order valence-electron chi connectivity index (χ2n) is 4.12. The van der Waals surface area contributed by atoms with Gasteiger partial charge >= 0.3 is 88.7 Å². The van der Waals surface area contributed by atoms with Crippen molar-refractivity contribution in [3.05, 3.63) is 30.3 Å². The van der Waals surface area contributed by atoms with Crippen LogP contribution in [0.1, 0.15) is 0 Å². The largest absolute Gasteiger partial charge is 1.00 e. The summed E-state index contributed by atoms with van der Waals surface area (Å²) in [5, 5.41) is -0.668. The molecule has 9 nitrogen and oxygen atoms in total. The van der Waals surface area contributed by atoms with Crippen LogP contribution in [0.5, 0.6) is 0 Å². The Balaban J connectivity index is 0. The first-order valence-corrected chi connectivity index (χ1v) is 9.49. The minimum atomic E-state index is -5.73. The van der Waals surface area contributed by atoms with Crippen LogP contribution in [0, 0.1) is 0 Å². The van der Waals surface area contributed by atoms with Gasteiger partial charge in [0, 0.05) is 5.39 Å². The van der Waals surface area contributed by atoms with Gasteiger partial charge in [0.15, 0.2) is 0 Å². The van der Waals surface area contributed by atoms with E-state index in [4.69, 9.17) is 0 Å². The van der Waals surface area contributed by atoms with Gasteiger partial charge in [-0.1, -0.05) is 24.3 Å². The number of rotatable bonds is 3. The minimum Gasteiger partial charge on any atom is -0.744 e. The first-order valence-electron chi connectivity index (χ1n) is 5.27. The molecule has 0 N–H and O–H groups in total. The molecule has 0 spiro atoms. The quantitative estimate of drug-likeness (QED) is 0.336. The molecule has 0 aliphatic rings. The van der Waals surface area contributed by atoms with Crippen molar-refractivity contribution in [2.24, 2.45) is 0 Å². The van der Waals surface area contributed by atoms with Crippen molar-refractivity contribution in [2.45, 2.75) is 14.7 Å². The molecular weight excluding hydrogens is 429 g/mol. The van der Waals surface area contributed by atoms with Crippen LogP contribution in [-0.2, 0) is 30.4 Å². The van der Waals surface area contributed by atoms with E-state index in [1.807, 2.05) is 0 Å². The summed E-state index contributed by atoms with van der Waals surface area (Å²) in [5.74, 6) is 0. The molecule has 0 saturated carbocycles. The van der Waals surface area contributed by atoms with Gasteiger partial charge in [-0.3, -0.25) is 0 Å². The van der Waals surface area contributed by atoms with Crippen LogP contribution in [0.2, 0.25) is 0 Å². The van der Waals surface area contributed by atoms with E-state index >= 15 is 0 Å². The first kappa shape index (κ1) is 28.6. The molecule has 0 saturated heterocycles. The summed E-state index contributed by atoms with van der Waals surface area (Å²) in [6.07, 6.45) is 0. The van der Waals surface area contributed by atoms with Gasteiger partial charge in [0.25, 0.3) is 0 Å². The van der Waals surface area contributed by atoms with E-state index in [1.165, 1.54) is 12.1 Å². The van der Waals surface area contributed by atoms with Crippen molar-refractivity contribution >= 4 is 41.1 Å². The molecule has 0 aliphatic heterocycles. The van der Waals surface area contributed by atoms with E-state index in [2.05, 4.69) is 0 Å². The maximum absolute atomic E-state index is 11.3. The van der Waals surface area contributed by atoms with Crippen LogP contribution in [0.15, 0.2) is 45.0 Å². The molecule has 0 amide bonds. The van der Waals surface area contributed by atoms with E-state index < -0.39 is 50.4 Å². The zero-order valence-electron chi connectivity index (χ0n) is 13.3. The summed E-state index contributed by atoms with van der Waals surface area (Å²) in [5.41, 5.74) is 0. The van der Waals surface area contributed by atoms with E-state index in [-0.39, 0.29) is 94.1 Å². The number of benzene rings is 2. The fourth-order valence-electron chi connectivity index (χ4n) is 1.94. The summed E-state index contributed by atoms with van der Waals surface area (Å²) < 4.78 is 101. The molecule has 0 bridgehead atoms. The Morgan fingerprint density at radius 1 is 0.640 bits per heavy atom. The van der Waals surface area contributed by atoms with Gasteiger partial charge in [-0.25, -0.2) is 25.3 Å². The van der Waals surface area contributed by atoms with Gasteiger partial charge in [-0.15, -0.1) is 0 Å². The molecule has 0 fully saturated rings. The van der Waals surface area contributed by atoms with Gasteiger partial charge in [-0.05, 0) is 11.5 Å². The molecule has 2 aromatic carbocycles.